The van der Waals surface area contributed by atoms with Gasteiger partial charge in [-0.05, 0) is 24.6 Å². The van der Waals surface area contributed by atoms with Crippen molar-refractivity contribution >= 4 is 35.0 Å². The Morgan fingerprint density at radius 1 is 1.16 bits per heavy atom. The number of imide groups is 1. The summed E-state index contributed by atoms with van der Waals surface area (Å²) < 4.78 is 0. The Balaban J connectivity index is 2.48. The van der Waals surface area contributed by atoms with E-state index in [0.717, 1.165) is 25.7 Å². The van der Waals surface area contributed by atoms with Gasteiger partial charge in [-0.3, -0.25) is 14.9 Å². The van der Waals surface area contributed by atoms with Crippen molar-refractivity contribution in [1.29, 1.82) is 0 Å². The van der Waals surface area contributed by atoms with Crippen molar-refractivity contribution in [2.45, 2.75) is 39.0 Å². The first-order valence-electron chi connectivity index (χ1n) is 6.33. The summed E-state index contributed by atoms with van der Waals surface area (Å²) in [5, 5.41) is 3.02. The third kappa shape index (κ3) is 5.62. The van der Waals surface area contributed by atoms with Gasteiger partial charge in [-0.15, -0.1) is 0 Å². The second kappa shape index (κ2) is 8.18. The number of hydrogen-bond donors (Lipinski definition) is 1. The molecule has 5 heteroatoms. The first-order chi connectivity index (χ1) is 9.04. The van der Waals surface area contributed by atoms with Gasteiger partial charge in [0.05, 0.1) is 10.6 Å². The average molecular weight is 302 g/mol. The number of rotatable bonds is 6. The largest absolute Gasteiger partial charge is 0.292 e. The number of carbonyl (C=O) groups excluding carboxylic acids is 2. The second-order valence-electron chi connectivity index (χ2n) is 4.31. The molecule has 104 valence electrons. The van der Waals surface area contributed by atoms with E-state index in [4.69, 9.17) is 23.2 Å². The van der Waals surface area contributed by atoms with Crippen LogP contribution in [0.15, 0.2) is 18.2 Å². The predicted molar refractivity (Wildman–Crippen MR) is 77.7 cm³/mol. The summed E-state index contributed by atoms with van der Waals surface area (Å²) in [4.78, 5) is 23.4. The lowest BCUT2D eigenvalue weighted by molar-refractivity contribution is -0.120. The fourth-order valence-electron chi connectivity index (χ4n) is 1.64. The smallest absolute Gasteiger partial charge is 0.259 e. The number of carbonyl (C=O) groups is 2. The van der Waals surface area contributed by atoms with E-state index in [1.165, 1.54) is 12.1 Å². The van der Waals surface area contributed by atoms with Gasteiger partial charge in [0.15, 0.2) is 0 Å². The first kappa shape index (κ1) is 16.0. The lowest BCUT2D eigenvalue weighted by atomic mass is 10.1. The molecule has 1 N–H and O–H groups in total. The fraction of sp³-hybridized carbons (Fsp3) is 0.429. The van der Waals surface area contributed by atoms with Crippen molar-refractivity contribution in [3.63, 3.8) is 0 Å². The third-order valence-electron chi connectivity index (χ3n) is 2.69. The molecule has 0 aliphatic heterocycles. The molecule has 0 aromatic heterocycles. The molecule has 0 bridgehead atoms. The average Bonchev–Trinajstić information content (AvgIpc) is 2.34. The van der Waals surface area contributed by atoms with Crippen LogP contribution in [0.3, 0.4) is 0 Å². The number of amides is 2. The number of hydrogen-bond acceptors (Lipinski definition) is 2. The molecule has 0 heterocycles. The van der Waals surface area contributed by atoms with Crippen LogP contribution in [0.25, 0.3) is 0 Å². The van der Waals surface area contributed by atoms with Crippen molar-refractivity contribution in [3.8, 4) is 0 Å². The van der Waals surface area contributed by atoms with E-state index in [2.05, 4.69) is 12.2 Å². The van der Waals surface area contributed by atoms with E-state index in [0.29, 0.717) is 11.4 Å². The molecule has 0 spiro atoms. The molecule has 1 aromatic rings. The molecule has 0 unspecified atom stereocenters. The minimum Gasteiger partial charge on any atom is -0.292 e. The number of halogens is 2. The van der Waals surface area contributed by atoms with E-state index < -0.39 is 5.91 Å². The third-order valence-corrected chi connectivity index (χ3v) is 3.23. The van der Waals surface area contributed by atoms with Crippen LogP contribution in [0.4, 0.5) is 0 Å². The summed E-state index contributed by atoms with van der Waals surface area (Å²) in [5.41, 5.74) is 0.257. The number of benzene rings is 1. The molecule has 1 aromatic carbocycles. The van der Waals surface area contributed by atoms with Gasteiger partial charge in [-0.2, -0.15) is 0 Å². The zero-order valence-corrected chi connectivity index (χ0v) is 12.4. The first-order valence-corrected chi connectivity index (χ1v) is 7.09. The van der Waals surface area contributed by atoms with E-state index in [9.17, 15) is 9.59 Å². The normalized spacial score (nSPS) is 10.3. The van der Waals surface area contributed by atoms with Gasteiger partial charge in [0.25, 0.3) is 5.91 Å². The van der Waals surface area contributed by atoms with Gasteiger partial charge in [-0.1, -0.05) is 49.4 Å². The summed E-state index contributed by atoms with van der Waals surface area (Å²) in [6.07, 6.45) is 4.36. The summed E-state index contributed by atoms with van der Waals surface area (Å²) in [7, 11) is 0. The predicted octanol–water partition coefficient (Wildman–Crippen LogP) is 4.22. The zero-order valence-electron chi connectivity index (χ0n) is 10.8. The molecule has 19 heavy (non-hydrogen) atoms. The van der Waals surface area contributed by atoms with E-state index in [1.54, 1.807) is 6.07 Å². The fourth-order valence-corrected chi connectivity index (χ4v) is 2.14. The summed E-state index contributed by atoms with van der Waals surface area (Å²) in [5.74, 6) is -0.755. The van der Waals surface area contributed by atoms with Crippen molar-refractivity contribution in [1.82, 2.24) is 5.32 Å². The molecule has 0 atom stereocenters. The van der Waals surface area contributed by atoms with Crippen LogP contribution in [0.1, 0.15) is 49.4 Å². The molecule has 0 fully saturated rings. The van der Waals surface area contributed by atoms with Gasteiger partial charge in [-0.25, -0.2) is 0 Å². The summed E-state index contributed by atoms with van der Waals surface area (Å²) in [6.45, 7) is 2.10. The van der Waals surface area contributed by atoms with Crippen molar-refractivity contribution in [2.24, 2.45) is 0 Å². The highest BCUT2D eigenvalue weighted by atomic mass is 35.5. The number of unbranched alkanes of at least 4 members (excludes halogenated alkanes) is 3. The molecule has 0 aliphatic carbocycles. The summed E-state index contributed by atoms with van der Waals surface area (Å²) >= 11 is 11.6. The highest BCUT2D eigenvalue weighted by Crippen LogP contribution is 2.20. The van der Waals surface area contributed by atoms with Crippen LogP contribution in [0.2, 0.25) is 10.0 Å². The van der Waals surface area contributed by atoms with E-state index in [-0.39, 0.29) is 16.5 Å². The lowest BCUT2D eigenvalue weighted by Gasteiger charge is -2.06. The van der Waals surface area contributed by atoms with Crippen LogP contribution < -0.4 is 5.32 Å². The maximum atomic E-state index is 11.8. The quantitative estimate of drug-likeness (QED) is 0.800. The second-order valence-corrected chi connectivity index (χ2v) is 5.16. The van der Waals surface area contributed by atoms with Crippen LogP contribution in [0, 0.1) is 0 Å². The summed E-state index contributed by atoms with van der Waals surface area (Å²) in [6, 6.07) is 4.54. The molecular formula is C14H17Cl2NO2. The molecule has 3 nitrogen and oxygen atoms in total. The standard InChI is InChI=1S/C14H17Cl2NO2/c1-2-3-4-5-6-13(18)17-14(19)11-8-7-10(15)9-12(11)16/h7-9H,2-6H2,1H3,(H,17,18,19). The monoisotopic (exact) mass is 301 g/mol. The Morgan fingerprint density at radius 3 is 2.53 bits per heavy atom. The highest BCUT2D eigenvalue weighted by molar-refractivity contribution is 6.37. The Kier molecular flexibility index (Phi) is 6.89. The Hall–Kier alpha value is -1.06. The maximum Gasteiger partial charge on any atom is 0.259 e. The minimum absolute atomic E-state index is 0.240. The molecule has 0 saturated heterocycles. The van der Waals surface area contributed by atoms with Crippen molar-refractivity contribution in [3.05, 3.63) is 33.8 Å². The van der Waals surface area contributed by atoms with Crippen LogP contribution in [-0.4, -0.2) is 11.8 Å². The Morgan fingerprint density at radius 2 is 1.89 bits per heavy atom. The molecule has 0 aliphatic rings. The molecule has 0 saturated carbocycles. The molecule has 1 rings (SSSR count). The van der Waals surface area contributed by atoms with E-state index in [1.807, 2.05) is 0 Å². The van der Waals surface area contributed by atoms with E-state index >= 15 is 0 Å². The van der Waals surface area contributed by atoms with Gasteiger partial charge in [0.1, 0.15) is 0 Å². The topological polar surface area (TPSA) is 46.2 Å². The minimum atomic E-state index is -0.484. The maximum absolute atomic E-state index is 11.8. The van der Waals surface area contributed by atoms with Crippen molar-refractivity contribution < 1.29 is 9.59 Å². The van der Waals surface area contributed by atoms with Crippen LogP contribution in [0.5, 0.6) is 0 Å². The Labute approximate surface area is 123 Å². The van der Waals surface area contributed by atoms with Gasteiger partial charge in [0, 0.05) is 11.4 Å². The van der Waals surface area contributed by atoms with Crippen LogP contribution >= 0.6 is 23.2 Å². The number of nitrogens with one attached hydrogen (secondary N) is 1. The zero-order chi connectivity index (χ0) is 14.3. The molecule has 0 radical (unpaired) electrons. The highest BCUT2D eigenvalue weighted by Gasteiger charge is 2.13. The molecular weight excluding hydrogens is 285 g/mol. The van der Waals surface area contributed by atoms with Crippen molar-refractivity contribution in [2.75, 3.05) is 0 Å². The lowest BCUT2D eigenvalue weighted by Crippen LogP contribution is -2.30. The SMILES string of the molecule is CCCCCCC(=O)NC(=O)c1ccc(Cl)cc1Cl. The van der Waals surface area contributed by atoms with Gasteiger partial charge >= 0.3 is 0 Å². The van der Waals surface area contributed by atoms with Gasteiger partial charge in [0.2, 0.25) is 5.91 Å². The van der Waals surface area contributed by atoms with Crippen LogP contribution in [-0.2, 0) is 4.79 Å². The van der Waals surface area contributed by atoms with Gasteiger partial charge < -0.3 is 0 Å². The Bertz CT molecular complexity index is 461. The molecule has 2 amide bonds.